The third-order valence-electron chi connectivity index (χ3n) is 2.50. The van der Waals surface area contributed by atoms with E-state index in [1.807, 2.05) is 12.2 Å². The van der Waals surface area contributed by atoms with Gasteiger partial charge in [0.2, 0.25) is 0 Å². The van der Waals surface area contributed by atoms with Gasteiger partial charge in [0.05, 0.1) is 0 Å². The van der Waals surface area contributed by atoms with E-state index < -0.39 is 0 Å². The van der Waals surface area contributed by atoms with Crippen molar-refractivity contribution in [2.24, 2.45) is 4.99 Å². The van der Waals surface area contributed by atoms with Gasteiger partial charge in [-0.25, -0.2) is 4.99 Å². The van der Waals surface area contributed by atoms with Crippen molar-refractivity contribution < 1.29 is 0 Å². The normalized spacial score (nSPS) is 36.9. The number of allylic oxidation sites excluding steroid dienone is 2. The summed E-state index contributed by atoms with van der Waals surface area (Å²) >= 11 is 0. The van der Waals surface area contributed by atoms with Crippen LogP contribution in [0.3, 0.4) is 0 Å². The maximum absolute atomic E-state index is 7.59. The van der Waals surface area contributed by atoms with E-state index in [0.717, 1.165) is 12.3 Å². The molecule has 4 aliphatic rings. The molecule has 0 saturated carbocycles. The minimum atomic E-state index is -0.204. The van der Waals surface area contributed by atoms with Gasteiger partial charge in [-0.15, -0.1) is 0 Å². The zero-order valence-electron chi connectivity index (χ0n) is 5.89. The van der Waals surface area contributed by atoms with E-state index in [4.69, 9.17) is 5.41 Å². The van der Waals surface area contributed by atoms with E-state index >= 15 is 0 Å². The minimum Gasteiger partial charge on any atom is -0.353 e. The molecule has 1 fully saturated rings. The average molecular weight is 145 g/mol. The molecule has 0 radical (unpaired) electrons. The second-order valence-corrected chi connectivity index (χ2v) is 3.05. The van der Waals surface area contributed by atoms with Gasteiger partial charge in [0.1, 0.15) is 11.4 Å². The van der Waals surface area contributed by atoms with Crippen LogP contribution in [0.2, 0.25) is 0 Å². The van der Waals surface area contributed by atoms with E-state index in [0.29, 0.717) is 5.84 Å². The van der Waals surface area contributed by atoms with Crippen LogP contribution < -0.4 is 5.32 Å². The molecule has 1 aliphatic carbocycles. The maximum atomic E-state index is 7.59. The lowest BCUT2D eigenvalue weighted by molar-refractivity contribution is 0.567. The number of nitrogens with zero attached hydrogens (tertiary/aromatic N) is 1. The van der Waals surface area contributed by atoms with Gasteiger partial charge in [-0.2, -0.15) is 0 Å². The first-order valence-corrected chi connectivity index (χ1v) is 3.66. The summed E-state index contributed by atoms with van der Waals surface area (Å²) in [5, 5.41) is 10.8. The van der Waals surface area contributed by atoms with E-state index in [1.165, 1.54) is 5.57 Å². The van der Waals surface area contributed by atoms with Crippen LogP contribution >= 0.6 is 0 Å². The Bertz CT molecular complexity index is 348. The van der Waals surface area contributed by atoms with Gasteiger partial charge >= 0.3 is 0 Å². The Balaban J connectivity index is 2.25. The Morgan fingerprint density at radius 1 is 1.64 bits per heavy atom. The molecule has 1 unspecified atom stereocenters. The third kappa shape index (κ3) is 0.378. The van der Waals surface area contributed by atoms with Crippen LogP contribution in [0.4, 0.5) is 0 Å². The monoisotopic (exact) mass is 145 g/mol. The van der Waals surface area contributed by atoms with E-state index in [2.05, 4.69) is 16.4 Å². The van der Waals surface area contributed by atoms with Crippen molar-refractivity contribution in [3.05, 3.63) is 23.8 Å². The van der Waals surface area contributed by atoms with Crippen LogP contribution in [-0.2, 0) is 0 Å². The SMILES string of the molecule is N=C1N=C2NC13CC=CC=C23. The van der Waals surface area contributed by atoms with Gasteiger partial charge in [0.15, 0.2) is 5.84 Å². The fourth-order valence-corrected chi connectivity index (χ4v) is 1.85. The van der Waals surface area contributed by atoms with Crippen molar-refractivity contribution in [1.82, 2.24) is 5.32 Å². The van der Waals surface area contributed by atoms with Crippen molar-refractivity contribution in [3.63, 3.8) is 0 Å². The number of rotatable bonds is 0. The summed E-state index contributed by atoms with van der Waals surface area (Å²) in [4.78, 5) is 4.08. The van der Waals surface area contributed by atoms with Crippen molar-refractivity contribution in [3.8, 4) is 0 Å². The van der Waals surface area contributed by atoms with Crippen LogP contribution in [0, 0.1) is 5.41 Å². The first-order valence-electron chi connectivity index (χ1n) is 3.66. The second-order valence-electron chi connectivity index (χ2n) is 3.05. The Morgan fingerprint density at radius 2 is 2.55 bits per heavy atom. The Kier molecular flexibility index (Phi) is 0.626. The molecule has 3 heterocycles. The van der Waals surface area contributed by atoms with Gasteiger partial charge in [-0.1, -0.05) is 18.2 Å². The number of hydrogen-bond acceptors (Lipinski definition) is 2. The molecule has 2 bridgehead atoms. The number of hydrogen-bond donors (Lipinski definition) is 2. The molecule has 0 aromatic carbocycles. The molecular formula is C8H7N3. The summed E-state index contributed by atoms with van der Waals surface area (Å²) in [6, 6.07) is 0. The highest BCUT2D eigenvalue weighted by Crippen LogP contribution is 2.40. The molecule has 54 valence electrons. The van der Waals surface area contributed by atoms with Crippen molar-refractivity contribution in [1.29, 1.82) is 5.41 Å². The maximum Gasteiger partial charge on any atom is 0.153 e. The smallest absolute Gasteiger partial charge is 0.153 e. The van der Waals surface area contributed by atoms with E-state index in [9.17, 15) is 0 Å². The van der Waals surface area contributed by atoms with Crippen molar-refractivity contribution in [2.75, 3.05) is 0 Å². The first-order chi connectivity index (χ1) is 5.33. The second kappa shape index (κ2) is 1.30. The van der Waals surface area contributed by atoms with Crippen LogP contribution in [0.5, 0.6) is 0 Å². The lowest BCUT2D eigenvalue weighted by atomic mass is 9.77. The predicted octanol–water partition coefficient (Wildman–Crippen LogP) is 0.604. The molecule has 0 aromatic heterocycles. The molecule has 3 nitrogen and oxygen atoms in total. The van der Waals surface area contributed by atoms with Gasteiger partial charge in [0.25, 0.3) is 0 Å². The molecule has 0 amide bonds. The van der Waals surface area contributed by atoms with Gasteiger partial charge < -0.3 is 5.32 Å². The predicted molar refractivity (Wildman–Crippen MR) is 42.9 cm³/mol. The van der Waals surface area contributed by atoms with Crippen LogP contribution in [0.25, 0.3) is 0 Å². The molecular weight excluding hydrogens is 138 g/mol. The number of amidine groups is 2. The highest BCUT2D eigenvalue weighted by molar-refractivity contribution is 6.28. The Labute approximate surface area is 64.0 Å². The fraction of sp³-hybridized carbons (Fsp3) is 0.250. The minimum absolute atomic E-state index is 0.204. The fourth-order valence-electron chi connectivity index (χ4n) is 1.85. The quantitative estimate of drug-likeness (QED) is 0.515. The van der Waals surface area contributed by atoms with E-state index in [-0.39, 0.29) is 5.54 Å². The third-order valence-corrected chi connectivity index (χ3v) is 2.50. The van der Waals surface area contributed by atoms with Crippen LogP contribution in [-0.4, -0.2) is 17.2 Å². The molecule has 4 rings (SSSR count). The zero-order chi connectivity index (χ0) is 7.47. The lowest BCUT2D eigenvalue weighted by Gasteiger charge is -2.40. The van der Waals surface area contributed by atoms with Crippen LogP contribution in [0.1, 0.15) is 6.42 Å². The summed E-state index contributed by atoms with van der Waals surface area (Å²) in [6.07, 6.45) is 7.02. The summed E-state index contributed by atoms with van der Waals surface area (Å²) in [6.45, 7) is 0. The largest absolute Gasteiger partial charge is 0.353 e. The summed E-state index contributed by atoms with van der Waals surface area (Å²) in [5.41, 5.74) is 0.995. The average Bonchev–Trinajstić information content (AvgIpc) is 2.41. The standard InChI is InChI=1S/C8H7N3/c9-7-8-4-2-1-3-5(8)6(10-7)11-8/h1-3H,4H2,(H2,9,10,11). The lowest BCUT2D eigenvalue weighted by Crippen LogP contribution is -2.61. The Hall–Kier alpha value is -1.38. The van der Waals surface area contributed by atoms with Gasteiger partial charge in [0, 0.05) is 12.0 Å². The molecule has 1 saturated heterocycles. The van der Waals surface area contributed by atoms with Crippen LogP contribution in [0.15, 0.2) is 28.8 Å². The molecule has 3 heteroatoms. The Morgan fingerprint density at radius 3 is 3.27 bits per heavy atom. The van der Waals surface area contributed by atoms with Crippen molar-refractivity contribution in [2.45, 2.75) is 12.0 Å². The summed E-state index contributed by atoms with van der Waals surface area (Å²) < 4.78 is 0. The molecule has 3 aliphatic heterocycles. The molecule has 2 N–H and O–H groups in total. The molecule has 1 spiro atoms. The van der Waals surface area contributed by atoms with Gasteiger partial charge in [-0.3, -0.25) is 5.41 Å². The molecule has 11 heavy (non-hydrogen) atoms. The number of nitrogens with one attached hydrogen (secondary N) is 2. The van der Waals surface area contributed by atoms with Crippen molar-refractivity contribution >= 4 is 11.7 Å². The molecule has 1 atom stereocenters. The van der Waals surface area contributed by atoms with E-state index in [1.54, 1.807) is 0 Å². The topological polar surface area (TPSA) is 48.2 Å². The highest BCUT2D eigenvalue weighted by Gasteiger charge is 2.55. The number of aliphatic imine (C=N–C) groups is 1. The van der Waals surface area contributed by atoms with Gasteiger partial charge in [-0.05, 0) is 0 Å². The summed E-state index contributed by atoms with van der Waals surface area (Å²) in [5.74, 6) is 1.38. The first kappa shape index (κ1) is 5.29. The zero-order valence-corrected chi connectivity index (χ0v) is 5.89. The molecule has 0 aromatic rings. The summed E-state index contributed by atoms with van der Waals surface area (Å²) in [7, 11) is 0. The highest BCUT2D eigenvalue weighted by atomic mass is 15.3. The number of fused-ring (bicyclic) bond motifs is 1.